The lowest BCUT2D eigenvalue weighted by Gasteiger charge is -2.19. The molecule has 1 fully saturated rings. The third-order valence-corrected chi connectivity index (χ3v) is 5.68. The van der Waals surface area contributed by atoms with Gasteiger partial charge in [-0.3, -0.25) is 14.6 Å². The topological polar surface area (TPSA) is 51.2 Å². The third kappa shape index (κ3) is 4.68. The zero-order chi connectivity index (χ0) is 22.5. The number of halogens is 1. The van der Waals surface area contributed by atoms with Crippen molar-refractivity contribution < 1.29 is 19.0 Å². The Kier molecular flexibility index (Phi) is 7.21. The molecule has 8 heteroatoms. The SMILES string of the molecule is C#CCOc1cc(Br)c(/C=C2\C(=O)N(C)C(=S)N2c2ccc(OCC)cc2)cc1OC. The first kappa shape index (κ1) is 22.7. The summed E-state index contributed by atoms with van der Waals surface area (Å²) in [5, 5.41) is 0.387. The highest BCUT2D eigenvalue weighted by Crippen LogP contribution is 2.37. The number of thiocarbonyl (C=S) groups is 1. The van der Waals surface area contributed by atoms with E-state index in [0.29, 0.717) is 33.4 Å². The van der Waals surface area contributed by atoms with Gasteiger partial charge < -0.3 is 14.2 Å². The number of benzene rings is 2. The molecule has 160 valence electrons. The van der Waals surface area contributed by atoms with Crippen LogP contribution in [0, 0.1) is 12.3 Å². The summed E-state index contributed by atoms with van der Waals surface area (Å²) in [6.07, 6.45) is 7.03. The van der Waals surface area contributed by atoms with Gasteiger partial charge >= 0.3 is 0 Å². The van der Waals surface area contributed by atoms with E-state index in [9.17, 15) is 4.79 Å². The highest BCUT2D eigenvalue weighted by atomic mass is 79.9. The number of carbonyl (C=O) groups is 1. The van der Waals surface area contributed by atoms with Crippen molar-refractivity contribution in [2.24, 2.45) is 0 Å². The van der Waals surface area contributed by atoms with Crippen LogP contribution >= 0.6 is 28.1 Å². The van der Waals surface area contributed by atoms with Crippen molar-refractivity contribution in [1.29, 1.82) is 0 Å². The second-order valence-electron chi connectivity index (χ2n) is 6.46. The minimum Gasteiger partial charge on any atom is -0.494 e. The molecule has 1 amide bonds. The lowest BCUT2D eigenvalue weighted by Crippen LogP contribution is -2.29. The molecule has 2 aromatic carbocycles. The molecular weight excluding hydrogens is 480 g/mol. The second-order valence-corrected chi connectivity index (χ2v) is 7.68. The summed E-state index contributed by atoms with van der Waals surface area (Å²) in [4.78, 5) is 16.1. The first-order chi connectivity index (χ1) is 14.9. The average Bonchev–Trinajstić information content (AvgIpc) is 2.98. The van der Waals surface area contributed by atoms with Crippen LogP contribution in [0.15, 0.2) is 46.6 Å². The first-order valence-corrected chi connectivity index (χ1v) is 10.6. The molecule has 0 atom stereocenters. The van der Waals surface area contributed by atoms with E-state index in [4.69, 9.17) is 32.9 Å². The van der Waals surface area contributed by atoms with E-state index < -0.39 is 0 Å². The fourth-order valence-corrected chi connectivity index (χ4v) is 3.77. The van der Waals surface area contributed by atoms with Gasteiger partial charge in [-0.2, -0.15) is 0 Å². The molecule has 0 N–H and O–H groups in total. The minimum atomic E-state index is -0.211. The van der Waals surface area contributed by atoms with Gasteiger partial charge in [-0.15, -0.1) is 6.42 Å². The molecule has 0 unspecified atom stereocenters. The molecule has 0 radical (unpaired) electrons. The van der Waals surface area contributed by atoms with E-state index in [1.54, 1.807) is 37.3 Å². The Morgan fingerprint density at radius 3 is 2.52 bits per heavy atom. The first-order valence-electron chi connectivity index (χ1n) is 9.41. The molecule has 6 nitrogen and oxygen atoms in total. The van der Waals surface area contributed by atoms with E-state index in [1.807, 2.05) is 31.2 Å². The van der Waals surface area contributed by atoms with Crippen LogP contribution in [-0.2, 0) is 4.79 Å². The van der Waals surface area contributed by atoms with Crippen molar-refractivity contribution in [2.45, 2.75) is 6.92 Å². The Hall–Kier alpha value is -3.02. The number of anilines is 1. The van der Waals surface area contributed by atoms with Crippen molar-refractivity contribution in [3.63, 3.8) is 0 Å². The zero-order valence-electron chi connectivity index (χ0n) is 17.3. The Morgan fingerprint density at radius 2 is 1.90 bits per heavy atom. The van der Waals surface area contributed by atoms with Crippen LogP contribution in [0.25, 0.3) is 6.08 Å². The molecule has 0 aromatic heterocycles. The minimum absolute atomic E-state index is 0.117. The van der Waals surface area contributed by atoms with Crippen molar-refractivity contribution in [1.82, 2.24) is 4.90 Å². The summed E-state index contributed by atoms with van der Waals surface area (Å²) in [7, 11) is 3.19. The summed E-state index contributed by atoms with van der Waals surface area (Å²) in [6.45, 7) is 2.62. The summed E-state index contributed by atoms with van der Waals surface area (Å²) in [5.74, 6) is 3.96. The van der Waals surface area contributed by atoms with Gasteiger partial charge in [0.2, 0.25) is 0 Å². The number of ether oxygens (including phenoxy) is 3. The molecule has 0 bridgehead atoms. The third-order valence-electron chi connectivity index (χ3n) is 4.53. The van der Waals surface area contributed by atoms with Crippen LogP contribution < -0.4 is 19.1 Å². The molecule has 0 spiro atoms. The number of hydrogen-bond acceptors (Lipinski definition) is 5. The molecule has 2 aromatic rings. The number of methoxy groups -OCH3 is 1. The number of terminal acetylenes is 1. The maximum absolute atomic E-state index is 13.0. The van der Waals surface area contributed by atoms with Crippen molar-refractivity contribution >= 4 is 50.9 Å². The molecule has 0 saturated carbocycles. The molecule has 0 aliphatic carbocycles. The lowest BCUT2D eigenvalue weighted by atomic mass is 10.1. The summed E-state index contributed by atoms with van der Waals surface area (Å²) < 4.78 is 17.2. The largest absolute Gasteiger partial charge is 0.494 e. The number of likely N-dealkylation sites (N-methyl/N-ethyl adjacent to an activating group) is 1. The van der Waals surface area contributed by atoms with Crippen molar-refractivity contribution in [3.8, 4) is 29.6 Å². The Balaban J connectivity index is 2.05. The van der Waals surface area contributed by atoms with Gasteiger partial charge in [0, 0.05) is 17.2 Å². The summed E-state index contributed by atoms with van der Waals surface area (Å²) >= 11 is 9.07. The molecular formula is C23H21BrN2O4S. The van der Waals surface area contributed by atoms with Crippen LogP contribution in [0.4, 0.5) is 5.69 Å². The predicted molar refractivity (Wildman–Crippen MR) is 128 cm³/mol. The molecule has 1 saturated heterocycles. The van der Waals surface area contributed by atoms with Crippen molar-refractivity contribution in [3.05, 3.63) is 52.1 Å². The number of carbonyl (C=O) groups excluding carboxylic acids is 1. The van der Waals surface area contributed by atoms with E-state index in [-0.39, 0.29) is 12.5 Å². The zero-order valence-corrected chi connectivity index (χ0v) is 19.7. The smallest absolute Gasteiger partial charge is 0.276 e. The highest BCUT2D eigenvalue weighted by molar-refractivity contribution is 9.10. The van der Waals surface area contributed by atoms with E-state index in [2.05, 4.69) is 21.9 Å². The Bertz CT molecular complexity index is 1080. The molecule has 1 aliphatic rings. The maximum Gasteiger partial charge on any atom is 0.276 e. The van der Waals surface area contributed by atoms with E-state index >= 15 is 0 Å². The van der Waals surface area contributed by atoms with Gasteiger partial charge in [-0.05, 0) is 67.2 Å². The Labute approximate surface area is 195 Å². The van der Waals surface area contributed by atoms with E-state index in [0.717, 1.165) is 17.0 Å². The van der Waals surface area contributed by atoms with Crippen LogP contribution in [-0.4, -0.2) is 43.3 Å². The van der Waals surface area contributed by atoms with Crippen LogP contribution in [0.1, 0.15) is 12.5 Å². The Morgan fingerprint density at radius 1 is 1.19 bits per heavy atom. The van der Waals surface area contributed by atoms with Crippen molar-refractivity contribution in [2.75, 3.05) is 32.3 Å². The number of amides is 1. The quantitative estimate of drug-likeness (QED) is 0.317. The summed E-state index contributed by atoms with van der Waals surface area (Å²) in [5.41, 5.74) is 1.90. The van der Waals surface area contributed by atoms with Gasteiger partial charge in [0.05, 0.1) is 13.7 Å². The number of nitrogens with zero attached hydrogens (tertiary/aromatic N) is 2. The normalized spacial score (nSPS) is 14.7. The standard InChI is InChI=1S/C23H21BrN2O4S/c1-5-11-30-21-14-18(24)15(13-20(21)28-4)12-19-22(27)25(3)23(31)26(19)16-7-9-17(10-8-16)29-6-2/h1,7-10,12-14H,6,11H2,2-4H3/b19-12+. The molecule has 1 aliphatic heterocycles. The van der Waals surface area contributed by atoms with Gasteiger partial charge in [0.15, 0.2) is 16.6 Å². The van der Waals surface area contributed by atoms with Crippen LogP contribution in [0.2, 0.25) is 0 Å². The fraction of sp³-hybridized carbons (Fsp3) is 0.217. The predicted octanol–water partition coefficient (Wildman–Crippen LogP) is 4.47. The molecule has 31 heavy (non-hydrogen) atoms. The van der Waals surface area contributed by atoms with Gasteiger partial charge in [0.1, 0.15) is 18.1 Å². The highest BCUT2D eigenvalue weighted by Gasteiger charge is 2.36. The second kappa shape index (κ2) is 9.86. The lowest BCUT2D eigenvalue weighted by molar-refractivity contribution is -0.121. The average molecular weight is 501 g/mol. The van der Waals surface area contributed by atoms with Gasteiger partial charge in [-0.1, -0.05) is 21.9 Å². The van der Waals surface area contributed by atoms with Gasteiger partial charge in [-0.25, -0.2) is 0 Å². The van der Waals surface area contributed by atoms with Gasteiger partial charge in [0.25, 0.3) is 5.91 Å². The summed E-state index contributed by atoms with van der Waals surface area (Å²) in [6, 6.07) is 10.9. The molecule has 1 heterocycles. The maximum atomic E-state index is 13.0. The van der Waals surface area contributed by atoms with Crippen LogP contribution in [0.3, 0.4) is 0 Å². The number of rotatable bonds is 7. The monoisotopic (exact) mass is 500 g/mol. The number of hydrogen-bond donors (Lipinski definition) is 0. The van der Waals surface area contributed by atoms with E-state index in [1.165, 1.54) is 4.90 Å². The molecule has 3 rings (SSSR count). The van der Waals surface area contributed by atoms with Crippen LogP contribution in [0.5, 0.6) is 17.2 Å². The fourth-order valence-electron chi connectivity index (χ4n) is 3.04.